The molecule has 1 amide bonds. The van der Waals surface area contributed by atoms with Crippen molar-refractivity contribution in [2.45, 2.75) is 6.92 Å². The van der Waals surface area contributed by atoms with Crippen molar-refractivity contribution < 1.29 is 23.8 Å². The molecular weight excluding hydrogens is 442 g/mol. The van der Waals surface area contributed by atoms with E-state index < -0.39 is 5.91 Å². The summed E-state index contributed by atoms with van der Waals surface area (Å²) in [6.45, 7) is 1.96. The third-order valence-electron chi connectivity index (χ3n) is 4.91. The van der Waals surface area contributed by atoms with Crippen molar-refractivity contribution >= 4 is 40.0 Å². The number of carbonyl (C=O) groups excluding carboxylic acids is 1. The smallest absolute Gasteiger partial charge is 0.264 e. The lowest BCUT2D eigenvalue weighted by Crippen LogP contribution is -2.34. The van der Waals surface area contributed by atoms with Crippen LogP contribution in [-0.4, -0.2) is 35.3 Å². The molecule has 1 aromatic heterocycles. The van der Waals surface area contributed by atoms with E-state index in [1.165, 1.54) is 20.3 Å². The lowest BCUT2D eigenvalue weighted by molar-refractivity contribution is 0.0971. The van der Waals surface area contributed by atoms with Crippen LogP contribution in [0.25, 0.3) is 22.6 Å². The molecule has 3 aromatic carbocycles. The van der Waals surface area contributed by atoms with E-state index >= 15 is 0 Å². The van der Waals surface area contributed by atoms with Crippen LogP contribution in [0.5, 0.6) is 17.2 Å². The van der Waals surface area contributed by atoms with Crippen LogP contribution in [0.1, 0.15) is 15.9 Å². The zero-order chi connectivity index (χ0) is 23.5. The number of anilines is 1. The molecule has 0 radical (unpaired) electrons. The predicted octanol–water partition coefficient (Wildman–Crippen LogP) is 4.65. The lowest BCUT2D eigenvalue weighted by atomic mass is 10.1. The molecule has 0 aliphatic rings. The van der Waals surface area contributed by atoms with Gasteiger partial charge in [-0.2, -0.15) is 0 Å². The van der Waals surface area contributed by atoms with Gasteiger partial charge in [0.15, 0.2) is 10.7 Å². The normalized spacial score (nSPS) is 10.6. The number of oxazole rings is 1. The summed E-state index contributed by atoms with van der Waals surface area (Å²) >= 11 is 5.30. The fourth-order valence-electron chi connectivity index (χ4n) is 3.34. The molecule has 33 heavy (non-hydrogen) atoms. The second kappa shape index (κ2) is 9.17. The van der Waals surface area contributed by atoms with Gasteiger partial charge < -0.3 is 24.3 Å². The summed E-state index contributed by atoms with van der Waals surface area (Å²) in [5.74, 6) is 0.485. The highest BCUT2D eigenvalue weighted by atomic mass is 32.1. The summed E-state index contributed by atoms with van der Waals surface area (Å²) in [5.41, 5.74) is 3.49. The highest BCUT2D eigenvalue weighted by Crippen LogP contribution is 2.33. The Morgan fingerprint density at radius 2 is 1.79 bits per heavy atom. The molecule has 8 nitrogen and oxygen atoms in total. The van der Waals surface area contributed by atoms with Gasteiger partial charge in [0.1, 0.15) is 28.3 Å². The lowest BCUT2D eigenvalue weighted by Gasteiger charge is -2.14. The van der Waals surface area contributed by atoms with Crippen molar-refractivity contribution in [2.75, 3.05) is 19.5 Å². The van der Waals surface area contributed by atoms with Gasteiger partial charge in [-0.05, 0) is 67.2 Å². The maximum Gasteiger partial charge on any atom is 0.264 e. The van der Waals surface area contributed by atoms with Crippen molar-refractivity contribution in [1.29, 1.82) is 0 Å². The number of aromatic nitrogens is 1. The first-order chi connectivity index (χ1) is 15.9. The Morgan fingerprint density at radius 1 is 1.06 bits per heavy atom. The standard InChI is InChI=1S/C24H21N3O5S/c1-13-7-10-18-16(11-13)26-23(32-18)15-12-14(8-9-17(15)28)25-24(33)27-22(29)21-19(30-2)5-4-6-20(21)31-3/h4-12,28H,1-3H3,(H2,25,27,29,33). The molecule has 0 atom stereocenters. The van der Waals surface area contributed by atoms with E-state index in [2.05, 4.69) is 15.6 Å². The third kappa shape index (κ3) is 4.58. The van der Waals surface area contributed by atoms with Crippen LogP contribution in [0.4, 0.5) is 5.69 Å². The van der Waals surface area contributed by atoms with Gasteiger partial charge in [0.25, 0.3) is 5.91 Å². The molecule has 0 bridgehead atoms. The zero-order valence-corrected chi connectivity index (χ0v) is 18.9. The number of carbonyl (C=O) groups is 1. The van der Waals surface area contributed by atoms with E-state index in [0.29, 0.717) is 33.8 Å². The van der Waals surface area contributed by atoms with Gasteiger partial charge in [-0.25, -0.2) is 4.98 Å². The summed E-state index contributed by atoms with van der Waals surface area (Å²) in [5, 5.41) is 16.0. The highest BCUT2D eigenvalue weighted by molar-refractivity contribution is 7.80. The number of nitrogens with zero attached hydrogens (tertiary/aromatic N) is 1. The average molecular weight is 464 g/mol. The maximum atomic E-state index is 12.8. The number of phenolic OH excluding ortho intramolecular Hbond substituents is 1. The van der Waals surface area contributed by atoms with Crippen molar-refractivity contribution in [2.24, 2.45) is 0 Å². The van der Waals surface area contributed by atoms with Crippen LogP contribution in [-0.2, 0) is 0 Å². The number of benzene rings is 3. The van der Waals surface area contributed by atoms with E-state index in [9.17, 15) is 9.90 Å². The zero-order valence-electron chi connectivity index (χ0n) is 18.1. The molecule has 168 valence electrons. The van der Waals surface area contributed by atoms with Crippen LogP contribution >= 0.6 is 12.2 Å². The van der Waals surface area contributed by atoms with Crippen molar-refractivity contribution in [1.82, 2.24) is 10.3 Å². The van der Waals surface area contributed by atoms with Crippen molar-refractivity contribution in [3.8, 4) is 28.7 Å². The number of thiocarbonyl (C=S) groups is 1. The number of fused-ring (bicyclic) bond motifs is 1. The Hall–Kier alpha value is -4.11. The largest absolute Gasteiger partial charge is 0.507 e. The Morgan fingerprint density at radius 3 is 2.48 bits per heavy atom. The van der Waals surface area contributed by atoms with Crippen LogP contribution in [0, 0.1) is 6.92 Å². The number of ether oxygens (including phenoxy) is 2. The predicted molar refractivity (Wildman–Crippen MR) is 129 cm³/mol. The van der Waals surface area contributed by atoms with Crippen LogP contribution < -0.4 is 20.1 Å². The molecule has 4 rings (SSSR count). The van der Waals surface area contributed by atoms with Gasteiger partial charge in [-0.3, -0.25) is 10.1 Å². The first-order valence-electron chi connectivity index (χ1n) is 9.93. The summed E-state index contributed by atoms with van der Waals surface area (Å²) in [4.78, 5) is 17.3. The molecule has 0 fully saturated rings. The number of aryl methyl sites for hydroxylation is 1. The minimum absolute atomic E-state index is 0.00228. The Bertz CT molecular complexity index is 1340. The van der Waals surface area contributed by atoms with Gasteiger partial charge in [0.05, 0.1) is 19.8 Å². The van der Waals surface area contributed by atoms with Crippen molar-refractivity contribution in [3.05, 3.63) is 65.7 Å². The Labute approximate surface area is 195 Å². The van der Waals surface area contributed by atoms with Gasteiger partial charge >= 0.3 is 0 Å². The summed E-state index contributed by atoms with van der Waals surface area (Å²) in [7, 11) is 2.93. The van der Waals surface area contributed by atoms with Gasteiger partial charge in [0, 0.05) is 5.69 Å². The van der Waals surface area contributed by atoms with Gasteiger partial charge in [0.2, 0.25) is 5.89 Å². The monoisotopic (exact) mass is 463 g/mol. The Balaban J connectivity index is 1.55. The maximum absolute atomic E-state index is 12.8. The molecule has 1 heterocycles. The van der Waals surface area contributed by atoms with E-state index in [4.69, 9.17) is 26.1 Å². The first-order valence-corrected chi connectivity index (χ1v) is 10.3. The van der Waals surface area contributed by atoms with E-state index in [1.807, 2.05) is 25.1 Å². The summed E-state index contributed by atoms with van der Waals surface area (Å²) in [6.07, 6.45) is 0. The fourth-order valence-corrected chi connectivity index (χ4v) is 3.55. The fraction of sp³-hybridized carbons (Fsp3) is 0.125. The van der Waals surface area contributed by atoms with E-state index in [-0.39, 0.29) is 22.3 Å². The molecule has 4 aromatic rings. The molecular formula is C24H21N3O5S. The number of hydrogen-bond donors (Lipinski definition) is 3. The molecule has 0 saturated carbocycles. The first kappa shape index (κ1) is 22.1. The molecule has 0 spiro atoms. The molecule has 0 aliphatic carbocycles. The SMILES string of the molecule is COc1cccc(OC)c1C(=O)NC(=S)Nc1ccc(O)c(-c2nc3cc(C)ccc3o2)c1. The Kier molecular flexibility index (Phi) is 6.14. The van der Waals surface area contributed by atoms with Crippen molar-refractivity contribution in [3.63, 3.8) is 0 Å². The number of rotatable bonds is 5. The van der Waals surface area contributed by atoms with Crippen LogP contribution in [0.3, 0.4) is 0 Å². The third-order valence-corrected chi connectivity index (χ3v) is 5.11. The topological polar surface area (TPSA) is 106 Å². The number of phenols is 1. The van der Waals surface area contributed by atoms with Crippen LogP contribution in [0.15, 0.2) is 59.0 Å². The molecule has 9 heteroatoms. The quantitative estimate of drug-likeness (QED) is 0.290. The summed E-state index contributed by atoms with van der Waals surface area (Å²) in [6, 6.07) is 15.4. The molecule has 0 aliphatic heterocycles. The molecule has 0 unspecified atom stereocenters. The van der Waals surface area contributed by atoms with Gasteiger partial charge in [-0.1, -0.05) is 12.1 Å². The highest BCUT2D eigenvalue weighted by Gasteiger charge is 2.20. The number of methoxy groups -OCH3 is 2. The number of hydrogen-bond acceptors (Lipinski definition) is 7. The minimum Gasteiger partial charge on any atom is -0.507 e. The van der Waals surface area contributed by atoms with E-state index in [1.54, 1.807) is 30.3 Å². The van der Waals surface area contributed by atoms with Gasteiger partial charge in [-0.15, -0.1) is 0 Å². The minimum atomic E-state index is -0.491. The second-order valence-corrected chi connectivity index (χ2v) is 7.58. The molecule has 3 N–H and O–H groups in total. The second-order valence-electron chi connectivity index (χ2n) is 7.17. The average Bonchev–Trinajstić information content (AvgIpc) is 3.22. The molecule has 0 saturated heterocycles. The summed E-state index contributed by atoms with van der Waals surface area (Å²) < 4.78 is 16.3. The number of nitrogens with one attached hydrogen (secondary N) is 2. The number of aromatic hydroxyl groups is 1. The number of amides is 1. The van der Waals surface area contributed by atoms with E-state index in [0.717, 1.165) is 5.56 Å². The van der Waals surface area contributed by atoms with Crippen LogP contribution in [0.2, 0.25) is 0 Å².